The molecule has 0 aliphatic carbocycles. The third-order valence-electron chi connectivity index (χ3n) is 4.54. The van der Waals surface area contributed by atoms with Crippen molar-refractivity contribution >= 4 is 17.3 Å². The lowest BCUT2D eigenvalue weighted by atomic mass is 9.98. The van der Waals surface area contributed by atoms with E-state index in [1.165, 1.54) is 19.2 Å². The Labute approximate surface area is 150 Å². The topological polar surface area (TPSA) is 61.2 Å². The number of fused-ring (bicyclic) bond motifs is 1. The maximum absolute atomic E-state index is 13.5. The van der Waals surface area contributed by atoms with E-state index in [1.54, 1.807) is 30.8 Å². The van der Waals surface area contributed by atoms with Crippen molar-refractivity contribution in [2.24, 2.45) is 7.05 Å². The number of carbonyl (C=O) groups excluding carboxylic acids is 1. The van der Waals surface area contributed by atoms with Crippen molar-refractivity contribution in [2.75, 3.05) is 7.11 Å². The molecule has 3 aromatic rings. The number of ether oxygens (including phenoxy) is 1. The van der Waals surface area contributed by atoms with Gasteiger partial charge in [0, 0.05) is 19.7 Å². The van der Waals surface area contributed by atoms with Gasteiger partial charge in [-0.1, -0.05) is 6.07 Å². The van der Waals surface area contributed by atoms with Gasteiger partial charge in [0.25, 0.3) is 5.56 Å². The summed E-state index contributed by atoms with van der Waals surface area (Å²) < 4.78 is 20.4. The minimum absolute atomic E-state index is 0.142. The number of halogens is 1. The maximum atomic E-state index is 13.5. The third-order valence-corrected chi connectivity index (χ3v) is 4.54. The first-order valence-corrected chi connectivity index (χ1v) is 8.19. The van der Waals surface area contributed by atoms with Gasteiger partial charge < -0.3 is 14.1 Å². The molecule has 0 amide bonds. The molecule has 0 spiro atoms. The second kappa shape index (κ2) is 7.07. The Hall–Kier alpha value is -3.02. The number of methoxy groups -OCH3 is 1. The fourth-order valence-corrected chi connectivity index (χ4v) is 3.17. The number of benzene rings is 1. The summed E-state index contributed by atoms with van der Waals surface area (Å²) in [5, 5.41) is 0. The molecule has 2 aromatic heterocycles. The summed E-state index contributed by atoms with van der Waals surface area (Å²) in [6.45, 7) is 1.71. The molecule has 1 aromatic carbocycles. The number of aryl methyl sites for hydroxylation is 1. The van der Waals surface area contributed by atoms with E-state index in [2.05, 4.69) is 4.98 Å². The monoisotopic (exact) mass is 354 g/mol. The first kappa shape index (κ1) is 17.8. The van der Waals surface area contributed by atoms with E-state index in [9.17, 15) is 14.0 Å². The van der Waals surface area contributed by atoms with E-state index >= 15 is 0 Å². The molecule has 26 heavy (non-hydrogen) atoms. The van der Waals surface area contributed by atoms with Crippen molar-refractivity contribution in [3.05, 3.63) is 68.9 Å². The second-order valence-electron chi connectivity index (χ2n) is 6.19. The highest BCUT2D eigenvalue weighted by atomic mass is 19.1. The number of pyridine rings is 2. The lowest BCUT2D eigenvalue weighted by Crippen LogP contribution is -2.21. The highest BCUT2D eigenvalue weighted by Crippen LogP contribution is 2.26. The van der Waals surface area contributed by atoms with Crippen LogP contribution in [0, 0.1) is 12.7 Å². The van der Waals surface area contributed by atoms with Gasteiger partial charge >= 0.3 is 0 Å². The Kier molecular flexibility index (Phi) is 4.84. The lowest BCUT2D eigenvalue weighted by molar-refractivity contribution is -0.107. The zero-order valence-corrected chi connectivity index (χ0v) is 14.9. The number of hydrogen-bond acceptors (Lipinski definition) is 4. The second-order valence-corrected chi connectivity index (χ2v) is 6.19. The van der Waals surface area contributed by atoms with Gasteiger partial charge in [-0.25, -0.2) is 4.39 Å². The van der Waals surface area contributed by atoms with Crippen molar-refractivity contribution in [3.8, 4) is 5.75 Å². The van der Waals surface area contributed by atoms with E-state index in [0.29, 0.717) is 34.3 Å². The molecule has 6 heteroatoms. The van der Waals surface area contributed by atoms with Gasteiger partial charge in [0.15, 0.2) is 5.75 Å². The molecule has 0 bridgehead atoms. The number of aromatic nitrogens is 2. The molecule has 0 radical (unpaired) electrons. The van der Waals surface area contributed by atoms with E-state index < -0.39 is 0 Å². The smallest absolute Gasteiger partial charge is 0.257 e. The van der Waals surface area contributed by atoms with Gasteiger partial charge in [0.2, 0.25) is 0 Å². The largest absolute Gasteiger partial charge is 0.494 e. The Balaban J connectivity index is 2.11. The van der Waals surface area contributed by atoms with E-state index in [1.807, 2.05) is 6.07 Å². The van der Waals surface area contributed by atoms with Crippen LogP contribution in [0.15, 0.2) is 35.3 Å². The van der Waals surface area contributed by atoms with Crippen molar-refractivity contribution in [1.29, 1.82) is 0 Å². The van der Waals surface area contributed by atoms with E-state index in [4.69, 9.17) is 4.74 Å². The number of hydrogen-bond donors (Lipinski definition) is 0. The highest BCUT2D eigenvalue weighted by molar-refractivity contribution is 5.83. The summed E-state index contributed by atoms with van der Waals surface area (Å²) in [4.78, 5) is 27.7. The van der Waals surface area contributed by atoms with Gasteiger partial charge in [-0.05, 0) is 48.2 Å². The molecule has 0 aliphatic rings. The maximum Gasteiger partial charge on any atom is 0.257 e. The van der Waals surface area contributed by atoms with Gasteiger partial charge in [-0.15, -0.1) is 0 Å². The van der Waals surface area contributed by atoms with Crippen LogP contribution in [-0.2, 0) is 24.7 Å². The predicted molar refractivity (Wildman–Crippen MR) is 97.2 cm³/mol. The van der Waals surface area contributed by atoms with Crippen LogP contribution in [0.5, 0.6) is 5.75 Å². The van der Waals surface area contributed by atoms with Crippen LogP contribution in [0.2, 0.25) is 0 Å². The van der Waals surface area contributed by atoms with E-state index in [0.717, 1.165) is 17.4 Å². The van der Waals surface area contributed by atoms with Crippen molar-refractivity contribution in [2.45, 2.75) is 19.8 Å². The molecular formula is C20H19FN2O3. The summed E-state index contributed by atoms with van der Waals surface area (Å²) in [5.41, 5.74) is 4.00. The van der Waals surface area contributed by atoms with Crippen molar-refractivity contribution in [1.82, 2.24) is 9.55 Å². The van der Waals surface area contributed by atoms with Crippen LogP contribution >= 0.6 is 0 Å². The Morgan fingerprint density at radius 2 is 2.04 bits per heavy atom. The zero-order chi connectivity index (χ0) is 18.8. The molecule has 2 heterocycles. The highest BCUT2D eigenvalue weighted by Gasteiger charge is 2.15. The molecule has 0 saturated heterocycles. The molecular weight excluding hydrogens is 335 g/mol. The Bertz CT molecular complexity index is 1060. The molecule has 0 saturated carbocycles. The van der Waals surface area contributed by atoms with Crippen LogP contribution in [0.25, 0.3) is 11.0 Å². The molecule has 0 N–H and O–H groups in total. The van der Waals surface area contributed by atoms with Crippen LogP contribution < -0.4 is 10.3 Å². The molecule has 0 unspecified atom stereocenters. The minimum atomic E-state index is -0.371. The minimum Gasteiger partial charge on any atom is -0.494 e. The van der Waals surface area contributed by atoms with Crippen LogP contribution in [-0.4, -0.2) is 22.9 Å². The molecule has 5 nitrogen and oxygen atoms in total. The zero-order valence-electron chi connectivity index (χ0n) is 14.9. The van der Waals surface area contributed by atoms with Gasteiger partial charge in [0.05, 0.1) is 18.2 Å². The van der Waals surface area contributed by atoms with Crippen LogP contribution in [0.4, 0.5) is 4.39 Å². The Morgan fingerprint density at radius 3 is 2.73 bits per heavy atom. The first-order chi connectivity index (χ1) is 12.5. The fraction of sp³-hybridized carbons (Fsp3) is 0.250. The Morgan fingerprint density at radius 1 is 1.27 bits per heavy atom. The van der Waals surface area contributed by atoms with Gasteiger partial charge in [-0.3, -0.25) is 9.78 Å². The summed E-state index contributed by atoms with van der Waals surface area (Å²) in [6, 6.07) is 6.30. The molecule has 0 atom stereocenters. The quantitative estimate of drug-likeness (QED) is 0.661. The third kappa shape index (κ3) is 3.10. The van der Waals surface area contributed by atoms with Crippen LogP contribution in [0.3, 0.4) is 0 Å². The summed E-state index contributed by atoms with van der Waals surface area (Å²) in [6.07, 6.45) is 3.10. The van der Waals surface area contributed by atoms with Gasteiger partial charge in [0.1, 0.15) is 17.6 Å². The number of rotatable bonds is 5. The van der Waals surface area contributed by atoms with Crippen molar-refractivity contribution < 1.29 is 13.9 Å². The van der Waals surface area contributed by atoms with Gasteiger partial charge in [-0.2, -0.15) is 0 Å². The average Bonchev–Trinajstić information content (AvgIpc) is 2.63. The van der Waals surface area contributed by atoms with Crippen molar-refractivity contribution in [3.63, 3.8) is 0 Å². The summed E-state index contributed by atoms with van der Waals surface area (Å²) in [5.74, 6) is 0.0999. The predicted octanol–water partition coefficient (Wildman–Crippen LogP) is 2.72. The summed E-state index contributed by atoms with van der Waals surface area (Å²) in [7, 11) is 3.21. The lowest BCUT2D eigenvalue weighted by Gasteiger charge is -2.13. The molecule has 0 aliphatic heterocycles. The normalized spacial score (nSPS) is 10.9. The molecule has 0 fully saturated rings. The molecule has 134 valence electrons. The average molecular weight is 354 g/mol. The number of nitrogens with zero attached hydrogens (tertiary/aromatic N) is 2. The number of aldehydes is 1. The van der Waals surface area contributed by atoms with E-state index in [-0.39, 0.29) is 17.8 Å². The first-order valence-electron chi connectivity index (χ1n) is 8.19. The number of carbonyl (C=O) groups is 1. The fourth-order valence-electron chi connectivity index (χ4n) is 3.17. The standard InChI is InChI=1S/C20H19FN2O3/c1-12-19(26-3)18-17(23(2)20(12)25)9-13(11-22-18)8-14-4-5-16(21)10-15(14)6-7-24/h4-5,7,9-11H,6,8H2,1-3H3. The SMILES string of the molecule is COc1c(C)c(=O)n(C)c2cc(Cc3ccc(F)cc3CC=O)cnc12. The molecule has 3 rings (SSSR count). The summed E-state index contributed by atoms with van der Waals surface area (Å²) >= 11 is 0. The van der Waals surface area contributed by atoms with Crippen LogP contribution in [0.1, 0.15) is 22.3 Å².